The molecule has 0 saturated carbocycles. The maximum absolute atomic E-state index is 13.3. The van der Waals surface area contributed by atoms with Gasteiger partial charge in [0.1, 0.15) is 12.2 Å². The number of hydrogen-bond acceptors (Lipinski definition) is 6. The minimum Gasteiger partial charge on any atom is -0.460 e. The van der Waals surface area contributed by atoms with Gasteiger partial charge in [-0.3, -0.25) is 4.79 Å². The van der Waals surface area contributed by atoms with E-state index in [1.165, 1.54) is 11.7 Å². The summed E-state index contributed by atoms with van der Waals surface area (Å²) in [6, 6.07) is 16.9. The van der Waals surface area contributed by atoms with Crippen molar-refractivity contribution in [3.63, 3.8) is 0 Å². The van der Waals surface area contributed by atoms with E-state index in [4.69, 9.17) is 18.9 Å². The molecule has 0 spiro atoms. The Morgan fingerprint density at radius 1 is 1.09 bits per heavy atom. The highest BCUT2D eigenvalue weighted by molar-refractivity contribution is 5.99. The van der Waals surface area contributed by atoms with Crippen molar-refractivity contribution in [3.8, 4) is 5.88 Å². The average Bonchev–Trinajstić information content (AvgIpc) is 3.10. The lowest BCUT2D eigenvalue weighted by Crippen LogP contribution is -2.43. The fourth-order valence-electron chi connectivity index (χ4n) is 4.04. The van der Waals surface area contributed by atoms with E-state index in [1.807, 2.05) is 48.5 Å². The lowest BCUT2D eigenvalue weighted by atomic mass is 9.89. The van der Waals surface area contributed by atoms with Gasteiger partial charge in [0, 0.05) is 31.4 Å². The third kappa shape index (κ3) is 4.59. The number of methoxy groups -OCH3 is 1. The van der Waals surface area contributed by atoms with Crippen LogP contribution in [0, 0.1) is 0 Å². The Hall–Kier alpha value is -3.32. The highest BCUT2D eigenvalue weighted by Gasteiger charge is 2.46. The molecule has 7 nitrogen and oxygen atoms in total. The lowest BCUT2D eigenvalue weighted by Gasteiger charge is -2.37. The van der Waals surface area contributed by atoms with E-state index >= 15 is 0 Å². The zero-order valence-electron chi connectivity index (χ0n) is 19.6. The Balaban J connectivity index is 1.79. The van der Waals surface area contributed by atoms with E-state index in [1.54, 1.807) is 33.8 Å². The Labute approximate surface area is 193 Å². The van der Waals surface area contributed by atoms with Crippen LogP contribution in [0.1, 0.15) is 51.2 Å². The van der Waals surface area contributed by atoms with Crippen molar-refractivity contribution in [2.45, 2.75) is 58.0 Å². The number of rotatable bonds is 4. The number of para-hydroxylation sites is 1. The molecule has 1 aromatic heterocycles. The minimum absolute atomic E-state index is 0.154. The SMILES string of the molecule is CO[C@@]1(C)C[C@@H](C(=O)OCc2ccccc2)c2c(n(C(=O)OC(C)(C)C)c3ccccc23)O1. The molecule has 7 heteroatoms. The zero-order valence-corrected chi connectivity index (χ0v) is 19.6. The monoisotopic (exact) mass is 451 g/mol. The summed E-state index contributed by atoms with van der Waals surface area (Å²) in [6.45, 7) is 7.29. The van der Waals surface area contributed by atoms with E-state index in [-0.39, 0.29) is 18.9 Å². The first-order valence-electron chi connectivity index (χ1n) is 10.9. The molecule has 0 saturated heterocycles. The van der Waals surface area contributed by atoms with Gasteiger partial charge in [-0.15, -0.1) is 0 Å². The van der Waals surface area contributed by atoms with Gasteiger partial charge in [-0.2, -0.15) is 0 Å². The molecule has 33 heavy (non-hydrogen) atoms. The quantitative estimate of drug-likeness (QED) is 0.495. The van der Waals surface area contributed by atoms with Gasteiger partial charge < -0.3 is 18.9 Å². The first-order chi connectivity index (χ1) is 15.6. The molecule has 0 fully saturated rings. The summed E-state index contributed by atoms with van der Waals surface area (Å²) in [5.41, 5.74) is 1.38. The van der Waals surface area contributed by atoms with Crippen molar-refractivity contribution in [1.29, 1.82) is 0 Å². The maximum atomic E-state index is 13.3. The van der Waals surface area contributed by atoms with Crippen LogP contribution in [0.2, 0.25) is 0 Å². The van der Waals surface area contributed by atoms with Crippen molar-refractivity contribution >= 4 is 23.0 Å². The Morgan fingerprint density at radius 3 is 2.42 bits per heavy atom. The number of ether oxygens (including phenoxy) is 4. The summed E-state index contributed by atoms with van der Waals surface area (Å²) >= 11 is 0. The van der Waals surface area contributed by atoms with Crippen molar-refractivity contribution in [2.75, 3.05) is 7.11 Å². The second-order valence-electron chi connectivity index (χ2n) is 9.34. The van der Waals surface area contributed by atoms with Gasteiger partial charge >= 0.3 is 12.1 Å². The van der Waals surface area contributed by atoms with Crippen LogP contribution in [0.15, 0.2) is 54.6 Å². The molecule has 2 aromatic carbocycles. The van der Waals surface area contributed by atoms with Gasteiger partial charge in [0.25, 0.3) is 0 Å². The first kappa shape index (κ1) is 22.9. The molecule has 0 radical (unpaired) electrons. The predicted molar refractivity (Wildman–Crippen MR) is 123 cm³/mol. The molecule has 174 valence electrons. The van der Waals surface area contributed by atoms with Crippen LogP contribution in [0.3, 0.4) is 0 Å². The molecule has 0 bridgehead atoms. The van der Waals surface area contributed by atoms with E-state index in [0.717, 1.165) is 10.9 Å². The number of benzene rings is 2. The largest absolute Gasteiger partial charge is 0.460 e. The molecule has 0 N–H and O–H groups in total. The smallest absolute Gasteiger partial charge is 0.421 e. The molecule has 0 amide bonds. The molecular weight excluding hydrogens is 422 g/mol. The fraction of sp³-hybridized carbons (Fsp3) is 0.385. The molecule has 2 atom stereocenters. The summed E-state index contributed by atoms with van der Waals surface area (Å²) < 4.78 is 24.5. The Bertz CT molecular complexity index is 1180. The highest BCUT2D eigenvalue weighted by Crippen LogP contribution is 2.47. The summed E-state index contributed by atoms with van der Waals surface area (Å²) in [5.74, 6) is -1.98. The van der Waals surface area contributed by atoms with E-state index in [0.29, 0.717) is 11.1 Å². The van der Waals surface area contributed by atoms with Crippen molar-refractivity contribution in [1.82, 2.24) is 4.57 Å². The highest BCUT2D eigenvalue weighted by atomic mass is 16.7. The van der Waals surface area contributed by atoms with Gasteiger partial charge in [0.15, 0.2) is 0 Å². The summed E-state index contributed by atoms with van der Waals surface area (Å²) in [5, 5.41) is 0.734. The van der Waals surface area contributed by atoms with E-state index in [2.05, 4.69) is 0 Å². The van der Waals surface area contributed by atoms with Gasteiger partial charge in [-0.25, -0.2) is 9.36 Å². The second-order valence-corrected chi connectivity index (χ2v) is 9.34. The van der Waals surface area contributed by atoms with Gasteiger partial charge in [-0.05, 0) is 32.4 Å². The fourth-order valence-corrected chi connectivity index (χ4v) is 4.04. The van der Waals surface area contributed by atoms with Gasteiger partial charge in [0.05, 0.1) is 11.4 Å². The zero-order chi connectivity index (χ0) is 23.8. The van der Waals surface area contributed by atoms with Crippen LogP contribution in [0.4, 0.5) is 4.79 Å². The molecule has 0 unspecified atom stereocenters. The minimum atomic E-state index is -1.13. The number of fused-ring (bicyclic) bond motifs is 3. The number of nitrogens with zero attached hydrogens (tertiary/aromatic N) is 1. The van der Waals surface area contributed by atoms with Crippen molar-refractivity contribution < 1.29 is 28.5 Å². The molecule has 1 aliphatic rings. The third-order valence-electron chi connectivity index (χ3n) is 5.62. The topological polar surface area (TPSA) is 76.0 Å². The summed E-state index contributed by atoms with van der Waals surface area (Å²) in [4.78, 5) is 26.5. The third-order valence-corrected chi connectivity index (χ3v) is 5.62. The van der Waals surface area contributed by atoms with Crippen LogP contribution >= 0.6 is 0 Å². The summed E-state index contributed by atoms with van der Waals surface area (Å²) in [7, 11) is 1.51. The molecule has 4 rings (SSSR count). The van der Waals surface area contributed by atoms with Crippen molar-refractivity contribution in [3.05, 3.63) is 65.7 Å². The normalized spacial score (nSPS) is 20.1. The maximum Gasteiger partial charge on any atom is 0.421 e. The van der Waals surface area contributed by atoms with E-state index < -0.39 is 29.4 Å². The van der Waals surface area contributed by atoms with Crippen molar-refractivity contribution in [2.24, 2.45) is 0 Å². The molecule has 1 aliphatic heterocycles. The number of esters is 1. The van der Waals surface area contributed by atoms with E-state index in [9.17, 15) is 9.59 Å². The molecule has 3 aromatic rings. The number of aromatic nitrogens is 1. The van der Waals surface area contributed by atoms with Crippen LogP contribution in [-0.2, 0) is 25.6 Å². The van der Waals surface area contributed by atoms with Crippen LogP contribution in [0.5, 0.6) is 5.88 Å². The standard InChI is InChI=1S/C26H29NO6/c1-25(2,3)33-24(29)27-20-14-10-9-13-18(20)21-19(15-26(4,30-5)32-22(21)27)23(28)31-16-17-11-7-6-8-12-17/h6-14,19H,15-16H2,1-5H3/t19-,26-/m1/s1. The first-order valence-corrected chi connectivity index (χ1v) is 10.9. The summed E-state index contributed by atoms with van der Waals surface area (Å²) in [6.07, 6.45) is -0.344. The lowest BCUT2D eigenvalue weighted by molar-refractivity contribution is -0.178. The van der Waals surface area contributed by atoms with Crippen LogP contribution in [-0.4, -0.2) is 35.1 Å². The Morgan fingerprint density at radius 2 is 1.76 bits per heavy atom. The van der Waals surface area contributed by atoms with Crippen LogP contribution in [0.25, 0.3) is 10.9 Å². The molecular formula is C26H29NO6. The number of carbonyl (C=O) groups excluding carboxylic acids is 2. The average molecular weight is 452 g/mol. The predicted octanol–water partition coefficient (Wildman–Crippen LogP) is 5.40. The Kier molecular flexibility index (Phi) is 5.93. The molecule has 2 heterocycles. The number of carbonyl (C=O) groups is 2. The molecule has 0 aliphatic carbocycles. The number of hydrogen-bond donors (Lipinski definition) is 0. The van der Waals surface area contributed by atoms with Gasteiger partial charge in [-0.1, -0.05) is 48.5 Å². The second kappa shape index (κ2) is 8.56. The van der Waals surface area contributed by atoms with Gasteiger partial charge in [0.2, 0.25) is 11.7 Å². The van der Waals surface area contributed by atoms with Crippen LogP contribution < -0.4 is 4.74 Å².